The molecule has 1 rings (SSSR count). The predicted molar refractivity (Wildman–Crippen MR) is 53.7 cm³/mol. The number of hydrogen-bond acceptors (Lipinski definition) is 3. The van der Waals surface area contributed by atoms with Crippen molar-refractivity contribution >= 4 is 5.78 Å². The van der Waals surface area contributed by atoms with Crippen molar-refractivity contribution in [3.05, 3.63) is 0 Å². The lowest BCUT2D eigenvalue weighted by Gasteiger charge is -2.29. The highest BCUT2D eigenvalue weighted by molar-refractivity contribution is 5.81. The lowest BCUT2D eigenvalue weighted by Crippen LogP contribution is -2.45. The first-order chi connectivity index (χ1) is 6.25. The molecule has 0 aliphatic carbocycles. The fraction of sp³-hybridized carbons (Fsp3) is 0.900. The third-order valence-electron chi connectivity index (χ3n) is 2.72. The van der Waals surface area contributed by atoms with E-state index in [-0.39, 0.29) is 11.8 Å². The largest absolute Gasteiger partial charge is 0.317 e. The van der Waals surface area contributed by atoms with Crippen molar-refractivity contribution in [2.45, 2.75) is 32.7 Å². The lowest BCUT2D eigenvalue weighted by molar-refractivity contribution is -0.120. The molecule has 0 bridgehead atoms. The average Bonchev–Trinajstić information content (AvgIpc) is 2.15. The molecule has 1 aliphatic rings. The van der Waals surface area contributed by atoms with Crippen LogP contribution in [0.1, 0.15) is 26.7 Å². The van der Waals surface area contributed by atoms with Crippen LogP contribution < -0.4 is 10.6 Å². The molecule has 1 atom stereocenters. The number of likely N-dealkylation sites (N-methyl/N-ethyl adjacent to an activating group) is 1. The summed E-state index contributed by atoms with van der Waals surface area (Å²) in [5, 5.41) is 6.59. The SMILES string of the molecule is CCNC(C(C)=O)C1CCNCC1. The summed E-state index contributed by atoms with van der Waals surface area (Å²) in [6.45, 7) is 6.74. The van der Waals surface area contributed by atoms with Gasteiger partial charge in [-0.2, -0.15) is 0 Å². The minimum atomic E-state index is 0.0899. The molecule has 0 spiro atoms. The molecule has 0 aromatic carbocycles. The Morgan fingerprint density at radius 2 is 2.15 bits per heavy atom. The van der Waals surface area contributed by atoms with E-state index in [4.69, 9.17) is 0 Å². The van der Waals surface area contributed by atoms with Gasteiger partial charge < -0.3 is 10.6 Å². The predicted octanol–water partition coefficient (Wildman–Crippen LogP) is 0.553. The van der Waals surface area contributed by atoms with E-state index in [1.54, 1.807) is 6.92 Å². The molecule has 0 saturated carbocycles. The van der Waals surface area contributed by atoms with Gasteiger partial charge in [0, 0.05) is 0 Å². The van der Waals surface area contributed by atoms with Gasteiger partial charge in [-0.15, -0.1) is 0 Å². The summed E-state index contributed by atoms with van der Waals surface area (Å²) in [5.74, 6) is 0.826. The van der Waals surface area contributed by atoms with Crippen LogP contribution in [0.5, 0.6) is 0 Å². The quantitative estimate of drug-likeness (QED) is 0.670. The molecule has 3 nitrogen and oxygen atoms in total. The van der Waals surface area contributed by atoms with Crippen molar-refractivity contribution in [3.8, 4) is 0 Å². The van der Waals surface area contributed by atoms with E-state index in [2.05, 4.69) is 17.6 Å². The first kappa shape index (κ1) is 10.7. The molecule has 76 valence electrons. The van der Waals surface area contributed by atoms with Crippen LogP contribution >= 0.6 is 0 Å². The number of rotatable bonds is 4. The third-order valence-corrected chi connectivity index (χ3v) is 2.72. The molecule has 1 saturated heterocycles. The van der Waals surface area contributed by atoms with Crippen LogP contribution in [-0.2, 0) is 4.79 Å². The number of piperidine rings is 1. The Labute approximate surface area is 80.3 Å². The van der Waals surface area contributed by atoms with E-state index in [9.17, 15) is 4.79 Å². The maximum Gasteiger partial charge on any atom is 0.146 e. The molecule has 0 aromatic rings. The van der Waals surface area contributed by atoms with Gasteiger partial charge in [0.05, 0.1) is 6.04 Å². The molecule has 0 amide bonds. The van der Waals surface area contributed by atoms with Crippen LogP contribution in [0.2, 0.25) is 0 Å². The minimum absolute atomic E-state index is 0.0899. The van der Waals surface area contributed by atoms with Gasteiger partial charge in [-0.1, -0.05) is 6.92 Å². The summed E-state index contributed by atoms with van der Waals surface area (Å²) in [5.41, 5.74) is 0. The Balaban J connectivity index is 2.46. The zero-order chi connectivity index (χ0) is 9.68. The summed E-state index contributed by atoms with van der Waals surface area (Å²) in [6, 6.07) is 0.0899. The van der Waals surface area contributed by atoms with Gasteiger partial charge >= 0.3 is 0 Å². The van der Waals surface area contributed by atoms with Gasteiger partial charge in [0.2, 0.25) is 0 Å². The number of carbonyl (C=O) groups is 1. The average molecular weight is 184 g/mol. The second-order valence-electron chi connectivity index (χ2n) is 3.73. The van der Waals surface area contributed by atoms with E-state index in [1.807, 2.05) is 0 Å². The van der Waals surface area contributed by atoms with Crippen molar-refractivity contribution in [2.24, 2.45) is 5.92 Å². The van der Waals surface area contributed by atoms with E-state index in [1.165, 1.54) is 0 Å². The van der Waals surface area contributed by atoms with E-state index < -0.39 is 0 Å². The first-order valence-electron chi connectivity index (χ1n) is 5.20. The zero-order valence-electron chi connectivity index (χ0n) is 8.60. The smallest absolute Gasteiger partial charge is 0.146 e. The molecule has 1 unspecified atom stereocenters. The molecule has 1 aliphatic heterocycles. The molecule has 13 heavy (non-hydrogen) atoms. The van der Waals surface area contributed by atoms with Crippen molar-refractivity contribution in [2.75, 3.05) is 19.6 Å². The molecular formula is C10H20N2O. The van der Waals surface area contributed by atoms with Crippen LogP contribution in [0.15, 0.2) is 0 Å². The van der Waals surface area contributed by atoms with Gasteiger partial charge in [-0.25, -0.2) is 0 Å². The Morgan fingerprint density at radius 3 is 2.62 bits per heavy atom. The van der Waals surface area contributed by atoms with E-state index in [0.29, 0.717) is 5.92 Å². The van der Waals surface area contributed by atoms with Crippen molar-refractivity contribution in [3.63, 3.8) is 0 Å². The standard InChI is InChI=1S/C10H20N2O/c1-3-12-10(8(2)13)9-4-6-11-7-5-9/h9-12H,3-7H2,1-2H3. The maximum atomic E-state index is 11.4. The highest BCUT2D eigenvalue weighted by Crippen LogP contribution is 2.16. The summed E-state index contributed by atoms with van der Waals surface area (Å²) < 4.78 is 0. The summed E-state index contributed by atoms with van der Waals surface area (Å²) in [4.78, 5) is 11.4. The van der Waals surface area contributed by atoms with E-state index in [0.717, 1.165) is 32.5 Å². The van der Waals surface area contributed by atoms with Crippen molar-refractivity contribution in [1.82, 2.24) is 10.6 Å². The Hall–Kier alpha value is -0.410. The molecule has 1 fully saturated rings. The summed E-state index contributed by atoms with van der Waals surface area (Å²) in [7, 11) is 0. The second kappa shape index (κ2) is 5.35. The highest BCUT2D eigenvalue weighted by atomic mass is 16.1. The van der Waals surface area contributed by atoms with Crippen LogP contribution in [0.25, 0.3) is 0 Å². The maximum absolute atomic E-state index is 11.4. The fourth-order valence-electron chi connectivity index (χ4n) is 2.04. The zero-order valence-corrected chi connectivity index (χ0v) is 8.60. The van der Waals surface area contributed by atoms with Crippen LogP contribution in [0.3, 0.4) is 0 Å². The number of nitrogens with one attached hydrogen (secondary N) is 2. The van der Waals surface area contributed by atoms with Crippen molar-refractivity contribution < 1.29 is 4.79 Å². The highest BCUT2D eigenvalue weighted by Gasteiger charge is 2.25. The third kappa shape index (κ3) is 3.08. The summed E-state index contributed by atoms with van der Waals surface area (Å²) in [6.07, 6.45) is 2.24. The lowest BCUT2D eigenvalue weighted by atomic mass is 9.88. The van der Waals surface area contributed by atoms with Crippen LogP contribution in [0, 0.1) is 5.92 Å². The second-order valence-corrected chi connectivity index (χ2v) is 3.73. The van der Waals surface area contributed by atoms with Gasteiger partial charge in [0.15, 0.2) is 0 Å². The van der Waals surface area contributed by atoms with Gasteiger partial charge in [0.25, 0.3) is 0 Å². The fourth-order valence-corrected chi connectivity index (χ4v) is 2.04. The number of hydrogen-bond donors (Lipinski definition) is 2. The number of Topliss-reactive ketones (excluding diaryl/α,β-unsaturated/α-hetero) is 1. The minimum Gasteiger partial charge on any atom is -0.317 e. The van der Waals surface area contributed by atoms with Crippen LogP contribution in [0.4, 0.5) is 0 Å². The van der Waals surface area contributed by atoms with Crippen LogP contribution in [-0.4, -0.2) is 31.5 Å². The van der Waals surface area contributed by atoms with E-state index >= 15 is 0 Å². The van der Waals surface area contributed by atoms with Gasteiger partial charge in [-0.3, -0.25) is 4.79 Å². The normalized spacial score (nSPS) is 21.4. The Morgan fingerprint density at radius 1 is 1.54 bits per heavy atom. The molecular weight excluding hydrogens is 164 g/mol. The summed E-state index contributed by atoms with van der Waals surface area (Å²) >= 11 is 0. The van der Waals surface area contributed by atoms with Gasteiger partial charge in [0.1, 0.15) is 5.78 Å². The van der Waals surface area contributed by atoms with Crippen molar-refractivity contribution in [1.29, 1.82) is 0 Å². The van der Waals surface area contributed by atoms with Gasteiger partial charge in [-0.05, 0) is 45.3 Å². The monoisotopic (exact) mass is 184 g/mol. The number of ketones is 1. The Kier molecular flexibility index (Phi) is 4.39. The Bertz CT molecular complexity index is 164. The number of carbonyl (C=O) groups excluding carboxylic acids is 1. The molecule has 0 aromatic heterocycles. The topological polar surface area (TPSA) is 41.1 Å². The first-order valence-corrected chi connectivity index (χ1v) is 5.20. The molecule has 2 N–H and O–H groups in total. The molecule has 3 heteroatoms. The molecule has 1 heterocycles. The molecule has 0 radical (unpaired) electrons.